The van der Waals surface area contributed by atoms with E-state index in [1.54, 1.807) is 0 Å². The van der Waals surface area contributed by atoms with Gasteiger partial charge < -0.3 is 4.74 Å². The Bertz CT molecular complexity index is 443. The van der Waals surface area contributed by atoms with Crippen LogP contribution in [0.5, 0.6) is 0 Å². The predicted molar refractivity (Wildman–Crippen MR) is 85.2 cm³/mol. The van der Waals surface area contributed by atoms with Crippen molar-refractivity contribution in [2.75, 3.05) is 6.61 Å². The van der Waals surface area contributed by atoms with Gasteiger partial charge in [-0.25, -0.2) is 0 Å². The van der Waals surface area contributed by atoms with E-state index in [2.05, 4.69) is 17.4 Å². The molecule has 0 saturated carbocycles. The molecule has 1 fully saturated rings. The van der Waals surface area contributed by atoms with Gasteiger partial charge in [-0.15, -0.1) is 0 Å². The van der Waals surface area contributed by atoms with E-state index in [0.29, 0.717) is 6.10 Å². The van der Waals surface area contributed by atoms with Gasteiger partial charge in [-0.05, 0) is 38.5 Å². The number of hydrogen-bond donors (Lipinski definition) is 2. The van der Waals surface area contributed by atoms with Crippen LogP contribution in [-0.2, 0) is 24.6 Å². The van der Waals surface area contributed by atoms with Crippen LogP contribution >= 0.6 is 11.6 Å². The van der Waals surface area contributed by atoms with Crippen molar-refractivity contribution in [2.24, 2.45) is 12.9 Å². The second kappa shape index (κ2) is 8.13. The lowest BCUT2D eigenvalue weighted by Gasteiger charge is -2.24. The van der Waals surface area contributed by atoms with Crippen molar-refractivity contribution in [1.29, 1.82) is 0 Å². The lowest BCUT2D eigenvalue weighted by Crippen LogP contribution is -2.38. The summed E-state index contributed by atoms with van der Waals surface area (Å²) in [6.45, 7) is 2.97. The summed E-state index contributed by atoms with van der Waals surface area (Å²) < 4.78 is 7.66. The van der Waals surface area contributed by atoms with Crippen LogP contribution in [0.4, 0.5) is 0 Å². The van der Waals surface area contributed by atoms with E-state index in [9.17, 15) is 0 Å². The highest BCUT2D eigenvalue weighted by Gasteiger charge is 2.20. The molecule has 0 spiro atoms. The molecule has 21 heavy (non-hydrogen) atoms. The number of halogens is 1. The molecule has 5 nitrogen and oxygen atoms in total. The van der Waals surface area contributed by atoms with E-state index in [1.165, 1.54) is 19.3 Å². The third-order valence-corrected chi connectivity index (χ3v) is 4.73. The number of rotatable bonds is 7. The lowest BCUT2D eigenvalue weighted by molar-refractivity contribution is 0.00856. The molecule has 3 N–H and O–H groups in total. The molecule has 1 saturated heterocycles. The fourth-order valence-corrected chi connectivity index (χ4v) is 3.31. The van der Waals surface area contributed by atoms with Crippen molar-refractivity contribution in [1.82, 2.24) is 15.2 Å². The molecular formula is C15H27ClN4O. The van der Waals surface area contributed by atoms with Crippen molar-refractivity contribution in [2.45, 2.75) is 64.0 Å². The van der Waals surface area contributed by atoms with E-state index in [4.69, 9.17) is 22.2 Å². The first kappa shape index (κ1) is 16.7. The highest BCUT2D eigenvalue weighted by molar-refractivity contribution is 6.31. The number of aryl methyl sites for hydroxylation is 2. The largest absolute Gasteiger partial charge is 0.378 e. The van der Waals surface area contributed by atoms with Crippen LogP contribution in [0.15, 0.2) is 0 Å². The van der Waals surface area contributed by atoms with Gasteiger partial charge in [0, 0.05) is 26.1 Å². The Morgan fingerprint density at radius 2 is 2.33 bits per heavy atom. The molecule has 6 heteroatoms. The fraction of sp³-hybridized carbons (Fsp3) is 0.800. The Balaban J connectivity index is 1.91. The van der Waals surface area contributed by atoms with Crippen molar-refractivity contribution in [3.8, 4) is 0 Å². The van der Waals surface area contributed by atoms with Crippen molar-refractivity contribution in [3.05, 3.63) is 16.4 Å². The van der Waals surface area contributed by atoms with Gasteiger partial charge in [0.25, 0.3) is 0 Å². The number of nitrogens with two attached hydrogens (primary N) is 1. The molecule has 2 unspecified atom stereocenters. The number of aromatic nitrogens is 2. The summed E-state index contributed by atoms with van der Waals surface area (Å²) in [5.41, 5.74) is 4.93. The summed E-state index contributed by atoms with van der Waals surface area (Å²) in [5.74, 6) is 5.71. The van der Waals surface area contributed by atoms with E-state index in [0.717, 1.165) is 48.7 Å². The Labute approximate surface area is 132 Å². The molecule has 2 heterocycles. The molecule has 1 aliphatic heterocycles. The Hall–Kier alpha value is -0.620. The zero-order valence-electron chi connectivity index (χ0n) is 13.1. The molecule has 2 rings (SSSR count). The third-order valence-electron chi connectivity index (χ3n) is 4.29. The topological polar surface area (TPSA) is 65.1 Å². The summed E-state index contributed by atoms with van der Waals surface area (Å²) in [6.07, 6.45) is 7.72. The number of nitrogens with zero attached hydrogens (tertiary/aromatic N) is 2. The second-order valence-corrected chi connectivity index (χ2v) is 6.20. The Morgan fingerprint density at radius 3 is 2.90 bits per heavy atom. The van der Waals surface area contributed by atoms with E-state index in [1.807, 2.05) is 11.7 Å². The number of hydrogen-bond acceptors (Lipinski definition) is 4. The van der Waals surface area contributed by atoms with Crippen LogP contribution in [0.1, 0.15) is 50.4 Å². The van der Waals surface area contributed by atoms with E-state index in [-0.39, 0.29) is 6.04 Å². The van der Waals surface area contributed by atoms with Crippen molar-refractivity contribution < 1.29 is 4.74 Å². The van der Waals surface area contributed by atoms with Crippen LogP contribution < -0.4 is 11.3 Å². The number of ether oxygens (including phenoxy) is 1. The summed E-state index contributed by atoms with van der Waals surface area (Å²) in [5, 5.41) is 5.24. The molecule has 2 atom stereocenters. The Kier molecular flexibility index (Phi) is 6.48. The molecule has 1 aliphatic rings. The smallest absolute Gasteiger partial charge is 0.0850 e. The summed E-state index contributed by atoms with van der Waals surface area (Å²) in [4.78, 5) is 0. The number of nitrogens with one attached hydrogen (secondary N) is 1. The summed E-state index contributed by atoms with van der Waals surface area (Å²) in [6, 6.07) is 0.202. The molecule has 0 aromatic carbocycles. The van der Waals surface area contributed by atoms with Crippen LogP contribution in [0, 0.1) is 0 Å². The first-order valence-electron chi connectivity index (χ1n) is 7.93. The monoisotopic (exact) mass is 314 g/mol. The molecule has 0 bridgehead atoms. The van der Waals surface area contributed by atoms with Crippen LogP contribution in [0.2, 0.25) is 5.02 Å². The average molecular weight is 315 g/mol. The number of hydrazine groups is 1. The van der Waals surface area contributed by atoms with Crippen LogP contribution in [-0.4, -0.2) is 28.5 Å². The van der Waals surface area contributed by atoms with Gasteiger partial charge in [0.1, 0.15) is 0 Å². The minimum absolute atomic E-state index is 0.202. The molecule has 1 aromatic heterocycles. The maximum atomic E-state index is 6.40. The average Bonchev–Trinajstić information content (AvgIpc) is 2.79. The van der Waals surface area contributed by atoms with Gasteiger partial charge in [-0.3, -0.25) is 16.0 Å². The van der Waals surface area contributed by atoms with Gasteiger partial charge >= 0.3 is 0 Å². The normalized spacial score (nSPS) is 20.7. The SMILES string of the molecule is CCc1nn(C)c(CC(CCC2CCCCO2)NN)c1Cl. The second-order valence-electron chi connectivity index (χ2n) is 5.82. The van der Waals surface area contributed by atoms with Gasteiger partial charge in [-0.1, -0.05) is 18.5 Å². The molecule has 0 radical (unpaired) electrons. The maximum absolute atomic E-state index is 6.40. The molecule has 0 amide bonds. The quantitative estimate of drug-likeness (QED) is 0.599. The van der Waals surface area contributed by atoms with Crippen molar-refractivity contribution in [3.63, 3.8) is 0 Å². The van der Waals surface area contributed by atoms with Crippen LogP contribution in [0.3, 0.4) is 0 Å². The highest BCUT2D eigenvalue weighted by atomic mass is 35.5. The first-order valence-corrected chi connectivity index (χ1v) is 8.31. The standard InChI is InChI=1S/C15H27ClN4O/c1-3-13-15(16)14(20(2)19-13)10-11(18-17)7-8-12-6-4-5-9-21-12/h11-12,18H,3-10,17H2,1-2H3. The molecule has 0 aliphatic carbocycles. The summed E-state index contributed by atoms with van der Waals surface area (Å²) in [7, 11) is 1.94. The van der Waals surface area contributed by atoms with E-state index >= 15 is 0 Å². The van der Waals surface area contributed by atoms with Gasteiger partial charge in [0.05, 0.1) is 22.5 Å². The van der Waals surface area contributed by atoms with Gasteiger partial charge in [0.15, 0.2) is 0 Å². The zero-order chi connectivity index (χ0) is 15.2. The lowest BCUT2D eigenvalue weighted by atomic mass is 9.99. The fourth-order valence-electron chi connectivity index (χ4n) is 2.94. The summed E-state index contributed by atoms with van der Waals surface area (Å²) >= 11 is 6.40. The first-order chi connectivity index (χ1) is 10.2. The Morgan fingerprint density at radius 1 is 1.52 bits per heavy atom. The maximum Gasteiger partial charge on any atom is 0.0850 e. The van der Waals surface area contributed by atoms with E-state index < -0.39 is 0 Å². The predicted octanol–water partition coefficient (Wildman–Crippen LogP) is 2.36. The zero-order valence-corrected chi connectivity index (χ0v) is 13.8. The minimum Gasteiger partial charge on any atom is -0.378 e. The third kappa shape index (κ3) is 4.42. The van der Waals surface area contributed by atoms with Gasteiger partial charge in [0.2, 0.25) is 0 Å². The molecule has 120 valence electrons. The minimum atomic E-state index is 0.202. The molecule has 1 aromatic rings. The molecular weight excluding hydrogens is 288 g/mol. The van der Waals surface area contributed by atoms with Crippen LogP contribution in [0.25, 0.3) is 0 Å². The van der Waals surface area contributed by atoms with Crippen molar-refractivity contribution >= 4 is 11.6 Å². The highest BCUT2D eigenvalue weighted by Crippen LogP contribution is 2.24. The van der Waals surface area contributed by atoms with Gasteiger partial charge in [-0.2, -0.15) is 5.10 Å².